The third kappa shape index (κ3) is 7.95. The summed E-state index contributed by atoms with van der Waals surface area (Å²) >= 11 is 12.7. The summed E-state index contributed by atoms with van der Waals surface area (Å²) in [5.41, 5.74) is 3.02. The number of anilines is 1. The van der Waals surface area contributed by atoms with Crippen LogP contribution in [0.25, 0.3) is 11.1 Å². The Kier molecular flexibility index (Phi) is 9.77. The Hall–Kier alpha value is -4.08. The highest BCUT2D eigenvalue weighted by Crippen LogP contribution is 2.31. The molecule has 4 rings (SSSR count). The topological polar surface area (TPSA) is 124 Å². The normalized spacial score (nSPS) is 12.5. The number of amides is 3. The lowest BCUT2D eigenvalue weighted by Crippen LogP contribution is -2.40. The highest BCUT2D eigenvalue weighted by molar-refractivity contribution is 6.40. The Labute approximate surface area is 236 Å². The lowest BCUT2D eigenvalue weighted by atomic mass is 10.0. The Morgan fingerprint density at radius 2 is 1.56 bits per heavy atom. The van der Waals surface area contributed by atoms with Gasteiger partial charge in [0.15, 0.2) is 5.96 Å². The van der Waals surface area contributed by atoms with Crippen molar-refractivity contribution in [1.82, 2.24) is 21.3 Å². The average molecular weight is 567 g/mol. The predicted octanol–water partition coefficient (Wildman–Crippen LogP) is 3.70. The molecular formula is C28H28Cl2N6O3. The van der Waals surface area contributed by atoms with Crippen LogP contribution in [0.1, 0.15) is 27.1 Å². The van der Waals surface area contributed by atoms with Gasteiger partial charge < -0.3 is 26.6 Å². The van der Waals surface area contributed by atoms with E-state index in [1.165, 1.54) is 0 Å². The van der Waals surface area contributed by atoms with Crippen LogP contribution in [0.3, 0.4) is 0 Å². The minimum absolute atomic E-state index is 0.150. The first-order valence-electron chi connectivity index (χ1n) is 12.4. The number of rotatable bonds is 9. The lowest BCUT2D eigenvalue weighted by Gasteiger charge is -2.16. The molecular weight excluding hydrogens is 539 g/mol. The summed E-state index contributed by atoms with van der Waals surface area (Å²) < 4.78 is 0. The summed E-state index contributed by atoms with van der Waals surface area (Å²) in [6.45, 7) is 1.69. The fourth-order valence-electron chi connectivity index (χ4n) is 3.87. The molecule has 0 spiro atoms. The van der Waals surface area contributed by atoms with Gasteiger partial charge in [-0.25, -0.2) is 0 Å². The molecule has 3 aromatic rings. The van der Waals surface area contributed by atoms with Crippen molar-refractivity contribution in [3.8, 4) is 11.1 Å². The molecule has 0 radical (unpaired) electrons. The van der Waals surface area contributed by atoms with Crippen molar-refractivity contribution in [3.63, 3.8) is 0 Å². The van der Waals surface area contributed by atoms with E-state index in [0.29, 0.717) is 17.2 Å². The van der Waals surface area contributed by atoms with E-state index in [-0.39, 0.29) is 41.2 Å². The lowest BCUT2D eigenvalue weighted by molar-refractivity contribution is -0.120. The van der Waals surface area contributed by atoms with E-state index >= 15 is 0 Å². The molecule has 11 heteroatoms. The number of carbonyl (C=O) groups excluding carboxylic acids is 3. The van der Waals surface area contributed by atoms with Crippen LogP contribution in [-0.2, 0) is 4.79 Å². The molecule has 1 heterocycles. The molecule has 3 amide bonds. The van der Waals surface area contributed by atoms with Gasteiger partial charge in [0.25, 0.3) is 11.8 Å². The van der Waals surface area contributed by atoms with Crippen LogP contribution in [-0.4, -0.2) is 56.4 Å². The number of hydrogen-bond donors (Lipinski definition) is 5. The van der Waals surface area contributed by atoms with Gasteiger partial charge in [0.2, 0.25) is 5.91 Å². The fraction of sp³-hybridized carbons (Fsp3) is 0.214. The number of guanidine groups is 1. The number of benzene rings is 3. The standard InChI is InChI=1S/C28H28Cl2N6O3/c29-22-15-20(18-6-2-1-3-7-18)16-23(30)25(22)27(39)32-13-12-31-24(37)17-35-26(38)19-8-4-9-21(14-19)36-28-33-10-5-11-34-28/h1-4,6-9,14-16H,5,10-13,17H2,(H,31,37)(H,32,39)(H,35,38)(H2,33,34,36). The Morgan fingerprint density at radius 3 is 2.28 bits per heavy atom. The van der Waals surface area contributed by atoms with Gasteiger partial charge in [0, 0.05) is 37.4 Å². The Balaban J connectivity index is 1.20. The molecule has 1 aliphatic rings. The molecule has 0 aliphatic carbocycles. The van der Waals surface area contributed by atoms with Gasteiger partial charge in [-0.1, -0.05) is 59.6 Å². The molecule has 0 bridgehead atoms. The third-order valence-electron chi connectivity index (χ3n) is 5.80. The maximum atomic E-state index is 12.6. The van der Waals surface area contributed by atoms with Crippen molar-refractivity contribution in [3.05, 3.63) is 87.9 Å². The minimum atomic E-state index is -0.449. The van der Waals surface area contributed by atoms with E-state index in [0.717, 1.165) is 30.6 Å². The van der Waals surface area contributed by atoms with Crippen LogP contribution in [0, 0.1) is 0 Å². The summed E-state index contributed by atoms with van der Waals surface area (Å²) in [7, 11) is 0. The van der Waals surface area contributed by atoms with Crippen molar-refractivity contribution < 1.29 is 14.4 Å². The van der Waals surface area contributed by atoms with E-state index in [4.69, 9.17) is 23.2 Å². The van der Waals surface area contributed by atoms with Crippen molar-refractivity contribution in [1.29, 1.82) is 0 Å². The molecule has 0 aromatic heterocycles. The summed E-state index contributed by atoms with van der Waals surface area (Å²) in [6.07, 6.45) is 0.980. The number of halogens is 2. The zero-order valence-electron chi connectivity index (χ0n) is 21.0. The van der Waals surface area contributed by atoms with Crippen LogP contribution in [0.15, 0.2) is 71.7 Å². The van der Waals surface area contributed by atoms with Gasteiger partial charge in [0.1, 0.15) is 0 Å². The molecule has 1 aliphatic heterocycles. The molecule has 0 atom stereocenters. The Bertz CT molecular complexity index is 1360. The number of hydrogen-bond acceptors (Lipinski definition) is 6. The molecule has 3 aromatic carbocycles. The summed E-state index contributed by atoms with van der Waals surface area (Å²) in [4.78, 5) is 41.7. The second-order valence-electron chi connectivity index (χ2n) is 8.69. The first kappa shape index (κ1) is 27.9. The van der Waals surface area contributed by atoms with Gasteiger partial charge >= 0.3 is 0 Å². The molecule has 202 valence electrons. The SMILES string of the molecule is O=C(CNC(=O)c1cccc(NC2=NCCCN2)c1)NCCNC(=O)c1c(Cl)cc(-c2ccccc2)cc1Cl. The van der Waals surface area contributed by atoms with E-state index in [1.807, 2.05) is 36.4 Å². The third-order valence-corrected chi connectivity index (χ3v) is 6.40. The first-order chi connectivity index (χ1) is 18.9. The smallest absolute Gasteiger partial charge is 0.254 e. The summed E-state index contributed by atoms with van der Waals surface area (Å²) in [5, 5.41) is 14.7. The van der Waals surface area contributed by atoms with E-state index in [9.17, 15) is 14.4 Å². The first-order valence-corrected chi connectivity index (χ1v) is 13.2. The van der Waals surface area contributed by atoms with Crippen molar-refractivity contribution in [2.24, 2.45) is 4.99 Å². The number of carbonyl (C=O) groups is 3. The summed E-state index contributed by atoms with van der Waals surface area (Å²) in [5.74, 6) is -0.561. The number of nitrogens with one attached hydrogen (secondary N) is 5. The van der Waals surface area contributed by atoms with Crippen LogP contribution in [0.2, 0.25) is 10.0 Å². The molecule has 0 fully saturated rings. The van der Waals surface area contributed by atoms with Crippen molar-refractivity contribution in [2.45, 2.75) is 6.42 Å². The number of aliphatic imine (C=N–C) groups is 1. The average Bonchev–Trinajstić information content (AvgIpc) is 2.95. The molecule has 5 N–H and O–H groups in total. The van der Waals surface area contributed by atoms with E-state index < -0.39 is 11.8 Å². The maximum Gasteiger partial charge on any atom is 0.254 e. The largest absolute Gasteiger partial charge is 0.356 e. The molecule has 39 heavy (non-hydrogen) atoms. The van der Waals surface area contributed by atoms with Gasteiger partial charge in [-0.15, -0.1) is 0 Å². The van der Waals surface area contributed by atoms with Crippen LogP contribution in [0.4, 0.5) is 5.69 Å². The van der Waals surface area contributed by atoms with Crippen LogP contribution >= 0.6 is 23.2 Å². The zero-order chi connectivity index (χ0) is 27.6. The minimum Gasteiger partial charge on any atom is -0.356 e. The Morgan fingerprint density at radius 1 is 0.821 bits per heavy atom. The van der Waals surface area contributed by atoms with E-state index in [1.54, 1.807) is 30.3 Å². The van der Waals surface area contributed by atoms with Crippen LogP contribution in [0.5, 0.6) is 0 Å². The van der Waals surface area contributed by atoms with Gasteiger partial charge in [-0.05, 0) is 47.9 Å². The highest BCUT2D eigenvalue weighted by atomic mass is 35.5. The van der Waals surface area contributed by atoms with Crippen molar-refractivity contribution >= 4 is 52.6 Å². The van der Waals surface area contributed by atoms with Gasteiger partial charge in [-0.2, -0.15) is 0 Å². The predicted molar refractivity (Wildman–Crippen MR) is 155 cm³/mol. The van der Waals surface area contributed by atoms with Gasteiger partial charge in [0.05, 0.1) is 22.2 Å². The molecule has 0 saturated carbocycles. The van der Waals surface area contributed by atoms with Crippen molar-refractivity contribution in [2.75, 3.05) is 38.0 Å². The fourth-order valence-corrected chi connectivity index (χ4v) is 4.53. The number of nitrogens with zero attached hydrogens (tertiary/aromatic N) is 1. The molecule has 0 unspecified atom stereocenters. The second kappa shape index (κ2) is 13.6. The van der Waals surface area contributed by atoms with Crippen LogP contribution < -0.4 is 26.6 Å². The maximum absolute atomic E-state index is 12.6. The van der Waals surface area contributed by atoms with E-state index in [2.05, 4.69) is 31.6 Å². The molecule has 0 saturated heterocycles. The van der Waals surface area contributed by atoms with Gasteiger partial charge in [-0.3, -0.25) is 19.4 Å². The zero-order valence-corrected chi connectivity index (χ0v) is 22.5. The monoisotopic (exact) mass is 566 g/mol. The molecule has 9 nitrogen and oxygen atoms in total. The highest BCUT2D eigenvalue weighted by Gasteiger charge is 2.17. The quantitative estimate of drug-likeness (QED) is 0.253. The summed E-state index contributed by atoms with van der Waals surface area (Å²) in [6, 6.07) is 19.9. The second-order valence-corrected chi connectivity index (χ2v) is 9.50.